The van der Waals surface area contributed by atoms with Crippen LogP contribution in [0, 0.1) is 5.92 Å². The Labute approximate surface area is 233 Å². The summed E-state index contributed by atoms with van der Waals surface area (Å²) in [5.41, 5.74) is 5.99. The Morgan fingerprint density at radius 3 is 2.55 bits per heavy atom. The highest BCUT2D eigenvalue weighted by atomic mass is 79.9. The van der Waals surface area contributed by atoms with Gasteiger partial charge in [0.1, 0.15) is 6.73 Å². The quantitative estimate of drug-likeness (QED) is 0.135. The second kappa shape index (κ2) is 10.6. The Bertz CT molecular complexity index is 1560. The maximum absolute atomic E-state index is 6.12. The minimum Gasteiger partial charge on any atom is -0.381 e. The van der Waals surface area contributed by atoms with E-state index in [0.717, 1.165) is 42.7 Å². The lowest BCUT2D eigenvalue weighted by molar-refractivity contribution is 0.0553. The van der Waals surface area contributed by atoms with Crippen molar-refractivity contribution in [2.45, 2.75) is 51.3 Å². The molecule has 1 fully saturated rings. The molecule has 0 aliphatic carbocycles. The molecule has 1 aliphatic rings. The van der Waals surface area contributed by atoms with Gasteiger partial charge in [-0.3, -0.25) is 4.98 Å². The van der Waals surface area contributed by atoms with E-state index < -0.39 is 8.07 Å². The number of fused-ring (bicyclic) bond motifs is 5. The molecule has 2 aromatic carbocycles. The molecule has 1 atom stereocenters. The highest BCUT2D eigenvalue weighted by Crippen LogP contribution is 2.42. The summed E-state index contributed by atoms with van der Waals surface area (Å²) in [7, 11) is -1.11. The van der Waals surface area contributed by atoms with Gasteiger partial charge in [0, 0.05) is 55.5 Å². The van der Waals surface area contributed by atoms with Crippen LogP contribution in [-0.2, 0) is 16.2 Å². The van der Waals surface area contributed by atoms with E-state index in [-0.39, 0.29) is 6.04 Å². The van der Waals surface area contributed by atoms with E-state index in [1.54, 1.807) is 0 Å². The molecular formula is C31H36BrN3O2Si. The molecule has 0 amide bonds. The molecule has 5 nitrogen and oxygen atoms in total. The van der Waals surface area contributed by atoms with Gasteiger partial charge in [0.05, 0.1) is 28.1 Å². The fourth-order valence-corrected chi connectivity index (χ4v) is 6.99. The topological polar surface area (TPSA) is 41.2 Å². The molecule has 38 heavy (non-hydrogen) atoms. The normalized spacial score (nSPS) is 16.1. The summed E-state index contributed by atoms with van der Waals surface area (Å²) < 4.78 is 17.7. The smallest absolute Gasteiger partial charge is 0.122 e. The zero-order valence-electron chi connectivity index (χ0n) is 22.5. The molecule has 198 valence electrons. The fourth-order valence-electron chi connectivity index (χ4n) is 5.91. The van der Waals surface area contributed by atoms with Gasteiger partial charge in [-0.15, -0.1) is 0 Å². The second-order valence-corrected chi connectivity index (χ2v) is 18.3. The summed E-state index contributed by atoms with van der Waals surface area (Å²) in [6.07, 6.45) is 6.19. The highest BCUT2D eigenvalue weighted by molar-refractivity contribution is 9.10. The van der Waals surface area contributed by atoms with Crippen molar-refractivity contribution in [3.8, 4) is 0 Å². The van der Waals surface area contributed by atoms with Crippen molar-refractivity contribution in [2.24, 2.45) is 5.92 Å². The zero-order valence-corrected chi connectivity index (χ0v) is 25.1. The summed E-state index contributed by atoms with van der Waals surface area (Å²) in [6.45, 7) is 10.2. The van der Waals surface area contributed by atoms with Crippen molar-refractivity contribution in [3.63, 3.8) is 0 Å². The van der Waals surface area contributed by atoms with E-state index in [9.17, 15) is 0 Å². The third-order valence-corrected chi connectivity index (χ3v) is 10.0. The SMILES string of the molecule is C[Si](C)(C)CCOCn1ccc2c3c4ncc(Br)cc4n([C@H](c4ccccc4)C4CCOCC4)c3ccc21. The van der Waals surface area contributed by atoms with Crippen LogP contribution in [0.2, 0.25) is 25.7 Å². The van der Waals surface area contributed by atoms with Crippen LogP contribution in [-0.4, -0.2) is 42.0 Å². The number of hydrogen-bond acceptors (Lipinski definition) is 3. The van der Waals surface area contributed by atoms with Crippen LogP contribution in [0.1, 0.15) is 24.4 Å². The zero-order chi connectivity index (χ0) is 26.3. The molecule has 0 radical (unpaired) electrons. The molecule has 6 rings (SSSR count). The summed E-state index contributed by atoms with van der Waals surface area (Å²) in [5.74, 6) is 0.490. The van der Waals surface area contributed by atoms with E-state index in [1.165, 1.54) is 38.9 Å². The molecule has 1 aliphatic heterocycles. The summed E-state index contributed by atoms with van der Waals surface area (Å²) >= 11 is 3.71. The molecule has 4 heterocycles. The molecule has 0 bridgehead atoms. The van der Waals surface area contributed by atoms with Gasteiger partial charge in [0.15, 0.2) is 0 Å². The predicted octanol–water partition coefficient (Wildman–Crippen LogP) is 8.24. The van der Waals surface area contributed by atoms with Crippen LogP contribution in [0.25, 0.3) is 32.8 Å². The lowest BCUT2D eigenvalue weighted by Gasteiger charge is -2.33. The minimum atomic E-state index is -1.11. The molecule has 1 saturated heterocycles. The largest absolute Gasteiger partial charge is 0.381 e. The number of pyridine rings is 1. The van der Waals surface area contributed by atoms with Crippen molar-refractivity contribution in [1.29, 1.82) is 0 Å². The molecule has 5 aromatic rings. The standard InChI is InChI=1S/C31H36BrN3O2Si/c1-38(2,3)18-17-37-21-34-14-11-25-26(34)9-10-27-29(25)30-28(19-24(32)20-33-30)35(27)31(22-7-5-4-6-8-22)23-12-15-36-16-13-23/h4-11,14,19-20,23,31H,12-13,15-18,21H2,1-3H3/t31-/m1/s1. The molecule has 7 heteroatoms. The number of aromatic nitrogens is 3. The van der Waals surface area contributed by atoms with Crippen LogP contribution in [0.5, 0.6) is 0 Å². The lowest BCUT2D eigenvalue weighted by atomic mass is 9.86. The first-order valence-electron chi connectivity index (χ1n) is 13.7. The molecular weight excluding hydrogens is 554 g/mol. The molecule has 3 aromatic heterocycles. The average Bonchev–Trinajstić information content (AvgIpc) is 3.46. The summed E-state index contributed by atoms with van der Waals surface area (Å²) in [6, 6.07) is 21.4. The first-order chi connectivity index (χ1) is 18.4. The van der Waals surface area contributed by atoms with Gasteiger partial charge < -0.3 is 18.6 Å². The Morgan fingerprint density at radius 2 is 1.79 bits per heavy atom. The molecule has 0 unspecified atom stereocenters. The van der Waals surface area contributed by atoms with Crippen molar-refractivity contribution in [1.82, 2.24) is 14.1 Å². The minimum absolute atomic E-state index is 0.209. The first-order valence-corrected chi connectivity index (χ1v) is 18.2. The Kier molecular flexibility index (Phi) is 7.20. The van der Waals surface area contributed by atoms with Gasteiger partial charge >= 0.3 is 0 Å². The van der Waals surface area contributed by atoms with E-state index >= 15 is 0 Å². The van der Waals surface area contributed by atoms with Gasteiger partial charge in [-0.25, -0.2) is 0 Å². The average molecular weight is 591 g/mol. The van der Waals surface area contributed by atoms with E-state index in [2.05, 4.69) is 105 Å². The van der Waals surface area contributed by atoms with E-state index in [0.29, 0.717) is 12.6 Å². The summed E-state index contributed by atoms with van der Waals surface area (Å²) in [5, 5.41) is 2.45. The Hall–Kier alpha value is -2.45. The van der Waals surface area contributed by atoms with Crippen molar-refractivity contribution < 1.29 is 9.47 Å². The third-order valence-electron chi connectivity index (χ3n) is 7.88. The second-order valence-electron chi connectivity index (χ2n) is 11.7. The van der Waals surface area contributed by atoms with Crippen LogP contribution >= 0.6 is 15.9 Å². The monoisotopic (exact) mass is 589 g/mol. The number of nitrogens with zero attached hydrogens (tertiary/aromatic N) is 3. The van der Waals surface area contributed by atoms with Crippen LogP contribution in [0.15, 0.2) is 71.5 Å². The van der Waals surface area contributed by atoms with E-state index in [4.69, 9.17) is 14.5 Å². The predicted molar refractivity (Wildman–Crippen MR) is 163 cm³/mol. The maximum atomic E-state index is 6.12. The van der Waals surface area contributed by atoms with Crippen LogP contribution in [0.4, 0.5) is 0 Å². The first kappa shape index (κ1) is 25.8. The molecule has 0 saturated carbocycles. The Morgan fingerprint density at radius 1 is 1.03 bits per heavy atom. The van der Waals surface area contributed by atoms with Gasteiger partial charge in [-0.2, -0.15) is 0 Å². The third kappa shape index (κ3) is 4.97. The van der Waals surface area contributed by atoms with Gasteiger partial charge in [0.25, 0.3) is 0 Å². The van der Waals surface area contributed by atoms with Gasteiger partial charge in [-0.05, 0) is 70.6 Å². The maximum Gasteiger partial charge on any atom is 0.122 e. The highest BCUT2D eigenvalue weighted by Gasteiger charge is 2.30. The van der Waals surface area contributed by atoms with Crippen molar-refractivity contribution in [3.05, 3.63) is 77.0 Å². The Balaban J connectivity index is 1.51. The van der Waals surface area contributed by atoms with E-state index in [1.807, 2.05) is 6.20 Å². The fraction of sp³-hybridized carbons (Fsp3) is 0.387. The van der Waals surface area contributed by atoms with Crippen molar-refractivity contribution in [2.75, 3.05) is 19.8 Å². The number of rotatable bonds is 8. The summed E-state index contributed by atoms with van der Waals surface area (Å²) in [4.78, 5) is 4.98. The van der Waals surface area contributed by atoms with Crippen LogP contribution in [0.3, 0.4) is 0 Å². The number of halogens is 1. The number of hydrogen-bond donors (Lipinski definition) is 0. The van der Waals surface area contributed by atoms with Crippen LogP contribution < -0.4 is 0 Å². The lowest BCUT2D eigenvalue weighted by Crippen LogP contribution is -2.26. The van der Waals surface area contributed by atoms with Gasteiger partial charge in [0.2, 0.25) is 0 Å². The number of ether oxygens (including phenoxy) is 2. The molecule has 0 N–H and O–H groups in total. The van der Waals surface area contributed by atoms with Gasteiger partial charge in [-0.1, -0.05) is 50.0 Å². The number of benzene rings is 2. The molecule has 0 spiro atoms. The van der Waals surface area contributed by atoms with Crippen molar-refractivity contribution >= 4 is 56.8 Å².